The van der Waals surface area contributed by atoms with E-state index in [1.807, 2.05) is 44.2 Å². The zero-order chi connectivity index (χ0) is 25.5. The fraction of sp³-hybridized carbons (Fsp3) is 0.621. The van der Waals surface area contributed by atoms with Gasteiger partial charge < -0.3 is 15.0 Å². The Hall–Kier alpha value is -2.83. The van der Waals surface area contributed by atoms with Crippen LogP contribution in [0.1, 0.15) is 95.5 Å². The minimum atomic E-state index is -0.983. The summed E-state index contributed by atoms with van der Waals surface area (Å²) in [7, 11) is 0. The average molecular weight is 495 g/mol. The number of fused-ring (bicyclic) bond motifs is 1. The molecule has 1 aliphatic carbocycles. The van der Waals surface area contributed by atoms with Gasteiger partial charge in [0, 0.05) is 18.2 Å². The number of ether oxygens (including phenoxy) is 1. The van der Waals surface area contributed by atoms with Crippen molar-refractivity contribution in [2.75, 3.05) is 13.2 Å². The second-order valence-electron chi connectivity index (χ2n) is 10.5. The fourth-order valence-corrected chi connectivity index (χ4v) is 5.42. The smallest absolute Gasteiger partial charge is 0.273 e. The third-order valence-electron chi connectivity index (χ3n) is 7.59. The van der Waals surface area contributed by atoms with Crippen LogP contribution in [0.2, 0.25) is 0 Å². The summed E-state index contributed by atoms with van der Waals surface area (Å²) in [5.74, 6) is 0.562. The van der Waals surface area contributed by atoms with Crippen LogP contribution >= 0.6 is 0 Å². The highest BCUT2D eigenvalue weighted by molar-refractivity contribution is 6.00. The molecule has 7 nitrogen and oxygen atoms in total. The highest BCUT2D eigenvalue weighted by Gasteiger charge is 2.48. The lowest BCUT2D eigenvalue weighted by molar-refractivity contribution is -0.134. The first kappa shape index (κ1) is 26.2. The Morgan fingerprint density at radius 1 is 1.11 bits per heavy atom. The number of carbonyl (C=O) groups excluding carboxylic acids is 2. The van der Waals surface area contributed by atoms with Crippen molar-refractivity contribution in [1.82, 2.24) is 20.0 Å². The lowest BCUT2D eigenvalue weighted by atomic mass is 9.92. The molecule has 36 heavy (non-hydrogen) atoms. The summed E-state index contributed by atoms with van der Waals surface area (Å²) >= 11 is 0. The normalized spacial score (nSPS) is 21.0. The molecule has 1 saturated carbocycles. The Morgan fingerprint density at radius 3 is 2.56 bits per heavy atom. The lowest BCUT2D eigenvalue weighted by Crippen LogP contribution is -2.65. The number of carbonyl (C=O) groups is 2. The van der Waals surface area contributed by atoms with Crippen molar-refractivity contribution < 1.29 is 14.3 Å². The second kappa shape index (κ2) is 11.9. The maximum Gasteiger partial charge on any atom is 0.273 e. The van der Waals surface area contributed by atoms with E-state index in [4.69, 9.17) is 9.84 Å². The number of hydrogen-bond donors (Lipinski definition) is 1. The predicted molar refractivity (Wildman–Crippen MR) is 142 cm³/mol. The van der Waals surface area contributed by atoms with Gasteiger partial charge in [0.1, 0.15) is 17.0 Å². The molecule has 1 fully saturated rings. The van der Waals surface area contributed by atoms with Gasteiger partial charge in [-0.1, -0.05) is 64.5 Å². The molecule has 1 atom stereocenters. The number of nitrogens with zero attached hydrogens (tertiary/aromatic N) is 3. The molecule has 2 aromatic rings. The van der Waals surface area contributed by atoms with E-state index in [0.29, 0.717) is 31.1 Å². The summed E-state index contributed by atoms with van der Waals surface area (Å²) in [5, 5.41) is 8.14. The summed E-state index contributed by atoms with van der Waals surface area (Å²) in [4.78, 5) is 29.2. The van der Waals surface area contributed by atoms with Crippen LogP contribution in [0.4, 0.5) is 0 Å². The van der Waals surface area contributed by atoms with E-state index in [1.165, 1.54) is 19.3 Å². The molecule has 4 rings (SSSR count). The van der Waals surface area contributed by atoms with Crippen LogP contribution in [0.25, 0.3) is 11.3 Å². The maximum atomic E-state index is 13.7. The Balaban J connectivity index is 1.61. The predicted octanol–water partition coefficient (Wildman–Crippen LogP) is 5.58. The largest absolute Gasteiger partial charge is 0.493 e. The molecule has 1 aliphatic heterocycles. The molecule has 2 heterocycles. The molecular weight excluding hydrogens is 452 g/mol. The van der Waals surface area contributed by atoms with Gasteiger partial charge in [-0.25, -0.2) is 0 Å². The number of rotatable bonds is 9. The van der Waals surface area contributed by atoms with Crippen LogP contribution in [-0.2, 0) is 11.3 Å². The molecule has 196 valence electrons. The summed E-state index contributed by atoms with van der Waals surface area (Å²) in [6.07, 6.45) is 10.9. The minimum absolute atomic E-state index is 0.0686. The zero-order valence-corrected chi connectivity index (χ0v) is 22.2. The van der Waals surface area contributed by atoms with Gasteiger partial charge in [0.05, 0.1) is 18.8 Å². The first-order chi connectivity index (χ1) is 17.5. The lowest BCUT2D eigenvalue weighted by Gasteiger charge is -2.43. The Labute approximate surface area is 215 Å². The van der Waals surface area contributed by atoms with Crippen molar-refractivity contribution in [3.05, 3.63) is 36.0 Å². The molecule has 0 radical (unpaired) electrons. The Morgan fingerprint density at radius 2 is 1.83 bits per heavy atom. The number of para-hydroxylation sites is 1. The third kappa shape index (κ3) is 5.60. The maximum absolute atomic E-state index is 13.7. The van der Waals surface area contributed by atoms with E-state index >= 15 is 0 Å². The van der Waals surface area contributed by atoms with E-state index < -0.39 is 5.54 Å². The van der Waals surface area contributed by atoms with Gasteiger partial charge >= 0.3 is 0 Å². The number of unbranched alkanes of at least 4 members (excludes halogenated alkanes) is 1. The van der Waals surface area contributed by atoms with Crippen molar-refractivity contribution in [2.24, 2.45) is 0 Å². The molecular formula is C29H42N4O3. The van der Waals surface area contributed by atoms with E-state index in [2.05, 4.69) is 12.2 Å². The van der Waals surface area contributed by atoms with Gasteiger partial charge in [-0.05, 0) is 50.8 Å². The number of hydrogen-bond acceptors (Lipinski definition) is 4. The van der Waals surface area contributed by atoms with E-state index in [0.717, 1.165) is 56.3 Å². The first-order valence-corrected chi connectivity index (χ1v) is 13.9. The minimum Gasteiger partial charge on any atom is -0.493 e. The molecule has 0 saturated heterocycles. The fourth-order valence-electron chi connectivity index (χ4n) is 5.42. The van der Waals surface area contributed by atoms with Gasteiger partial charge in [-0.15, -0.1) is 0 Å². The summed E-state index contributed by atoms with van der Waals surface area (Å²) in [5.41, 5.74) is 1.11. The molecule has 1 N–H and O–H groups in total. The van der Waals surface area contributed by atoms with Gasteiger partial charge in [0.15, 0.2) is 0 Å². The van der Waals surface area contributed by atoms with Gasteiger partial charge in [-0.3, -0.25) is 14.3 Å². The number of benzene rings is 1. The van der Waals surface area contributed by atoms with Crippen LogP contribution < -0.4 is 10.1 Å². The molecule has 0 unspecified atom stereocenters. The molecule has 7 heteroatoms. The molecule has 0 spiro atoms. The van der Waals surface area contributed by atoms with Gasteiger partial charge in [0.25, 0.3) is 5.91 Å². The summed E-state index contributed by atoms with van der Waals surface area (Å²) < 4.78 is 7.75. The van der Waals surface area contributed by atoms with Crippen molar-refractivity contribution in [2.45, 2.75) is 103 Å². The first-order valence-electron chi connectivity index (χ1n) is 13.9. The van der Waals surface area contributed by atoms with E-state index in [9.17, 15) is 9.59 Å². The van der Waals surface area contributed by atoms with Crippen molar-refractivity contribution >= 4 is 11.8 Å². The van der Waals surface area contributed by atoms with E-state index in [1.54, 1.807) is 9.58 Å². The van der Waals surface area contributed by atoms with Gasteiger partial charge in [0.2, 0.25) is 5.91 Å². The molecule has 0 bridgehead atoms. The zero-order valence-electron chi connectivity index (χ0n) is 22.2. The highest BCUT2D eigenvalue weighted by atomic mass is 16.5. The number of amides is 2. The number of nitrogens with one attached hydrogen (secondary N) is 1. The van der Waals surface area contributed by atoms with Gasteiger partial charge in [-0.2, -0.15) is 5.10 Å². The number of aromatic nitrogens is 2. The quantitative estimate of drug-likeness (QED) is 0.462. The summed E-state index contributed by atoms with van der Waals surface area (Å²) in [6.45, 7) is 7.59. The average Bonchev–Trinajstić information content (AvgIpc) is 3.27. The summed E-state index contributed by atoms with van der Waals surface area (Å²) in [6, 6.07) is 9.85. The van der Waals surface area contributed by atoms with Crippen LogP contribution in [0.3, 0.4) is 0 Å². The second-order valence-corrected chi connectivity index (χ2v) is 10.5. The molecule has 1 aromatic heterocycles. The topological polar surface area (TPSA) is 76.5 Å². The molecule has 2 amide bonds. The Kier molecular flexibility index (Phi) is 8.70. The highest BCUT2D eigenvalue weighted by Crippen LogP contribution is 2.34. The third-order valence-corrected chi connectivity index (χ3v) is 7.59. The van der Waals surface area contributed by atoms with E-state index in [-0.39, 0.29) is 17.9 Å². The van der Waals surface area contributed by atoms with Crippen molar-refractivity contribution in [1.29, 1.82) is 0 Å². The van der Waals surface area contributed by atoms with Crippen molar-refractivity contribution in [3.8, 4) is 17.0 Å². The standard InChI is InChI=1S/C29H42N4O3/c1-4-6-19-36-26-17-13-12-16-23(26)24-20-25-27(34)32(18-5-2)29(3,21-33(25)31-24)28(35)30-22-14-10-8-7-9-11-15-22/h12-13,16-17,20,22H,4-11,14-15,18-19,21H2,1-3H3,(H,30,35)/t29-/m0/s1. The van der Waals surface area contributed by atoms with Crippen molar-refractivity contribution in [3.63, 3.8) is 0 Å². The van der Waals surface area contributed by atoms with Crippen LogP contribution in [0.5, 0.6) is 5.75 Å². The van der Waals surface area contributed by atoms with Crippen LogP contribution in [-0.4, -0.2) is 51.2 Å². The SMILES string of the molecule is CCCCOc1ccccc1-c1cc2n(n1)C[C@@](C)(C(=O)NC1CCCCCCC1)N(CCC)C2=O. The van der Waals surface area contributed by atoms with Crippen LogP contribution in [0.15, 0.2) is 30.3 Å². The molecule has 1 aromatic carbocycles. The monoisotopic (exact) mass is 494 g/mol. The Bertz CT molecular complexity index is 1040. The van der Waals surface area contributed by atoms with Crippen LogP contribution in [0, 0.1) is 0 Å². The molecule has 2 aliphatic rings.